The minimum atomic E-state index is 0.0712. The maximum atomic E-state index is 10.9. The van der Waals surface area contributed by atoms with Crippen molar-refractivity contribution in [3.8, 4) is 0 Å². The second-order valence-corrected chi connectivity index (χ2v) is 2.96. The van der Waals surface area contributed by atoms with E-state index in [1.165, 1.54) is 0 Å². The van der Waals surface area contributed by atoms with E-state index in [9.17, 15) is 9.59 Å². The average molecular weight is 176 g/mol. The molecule has 13 heavy (non-hydrogen) atoms. The number of ketones is 1. The molecule has 0 radical (unpaired) electrons. The van der Waals surface area contributed by atoms with Gasteiger partial charge in [0.15, 0.2) is 5.78 Å². The summed E-state index contributed by atoms with van der Waals surface area (Å²) in [6.07, 6.45) is 2.19. The number of carbonyl (C=O) groups excluding carboxylic acids is 2. The van der Waals surface area contributed by atoms with E-state index in [1.807, 2.05) is 12.1 Å². The van der Waals surface area contributed by atoms with Crippen molar-refractivity contribution in [3.63, 3.8) is 0 Å². The molecular formula is C11H12O2. The van der Waals surface area contributed by atoms with Gasteiger partial charge >= 0.3 is 0 Å². The smallest absolute Gasteiger partial charge is 0.159 e. The molecule has 0 amide bonds. The molecule has 0 aliphatic rings. The lowest BCUT2D eigenvalue weighted by Crippen LogP contribution is -1.92. The first kappa shape index (κ1) is 9.65. The first-order chi connectivity index (χ1) is 6.24. The van der Waals surface area contributed by atoms with E-state index < -0.39 is 0 Å². The normalized spacial score (nSPS) is 9.62. The van der Waals surface area contributed by atoms with Crippen LogP contribution < -0.4 is 0 Å². The quantitative estimate of drug-likeness (QED) is 0.519. The predicted molar refractivity (Wildman–Crippen MR) is 50.8 cm³/mol. The summed E-state index contributed by atoms with van der Waals surface area (Å²) in [5.41, 5.74) is 1.81. The van der Waals surface area contributed by atoms with Crippen LogP contribution >= 0.6 is 0 Å². The van der Waals surface area contributed by atoms with Crippen LogP contribution in [0.1, 0.15) is 29.3 Å². The molecule has 0 saturated carbocycles. The maximum absolute atomic E-state index is 10.9. The van der Waals surface area contributed by atoms with Gasteiger partial charge in [-0.15, -0.1) is 0 Å². The van der Waals surface area contributed by atoms with Crippen LogP contribution in [0.3, 0.4) is 0 Å². The molecule has 1 aromatic carbocycles. The van der Waals surface area contributed by atoms with Crippen LogP contribution in [0.2, 0.25) is 0 Å². The molecule has 2 heteroatoms. The van der Waals surface area contributed by atoms with Gasteiger partial charge in [-0.2, -0.15) is 0 Å². The average Bonchev–Trinajstić information content (AvgIpc) is 2.15. The Morgan fingerprint density at radius 2 is 1.92 bits per heavy atom. The molecular weight excluding hydrogens is 164 g/mol. The summed E-state index contributed by atoms with van der Waals surface area (Å²) in [7, 11) is 0. The van der Waals surface area contributed by atoms with Gasteiger partial charge in [0, 0.05) is 12.0 Å². The number of hydrogen-bond acceptors (Lipinski definition) is 2. The second-order valence-electron chi connectivity index (χ2n) is 2.96. The number of carbonyl (C=O) groups is 2. The number of rotatable bonds is 4. The second kappa shape index (κ2) is 4.55. The number of aldehydes is 1. The fraction of sp³-hybridized carbons (Fsp3) is 0.273. The van der Waals surface area contributed by atoms with E-state index in [0.29, 0.717) is 6.42 Å². The van der Waals surface area contributed by atoms with Crippen molar-refractivity contribution < 1.29 is 9.59 Å². The van der Waals surface area contributed by atoms with Crippen molar-refractivity contribution in [2.24, 2.45) is 0 Å². The van der Waals surface area contributed by atoms with Gasteiger partial charge in [-0.3, -0.25) is 4.79 Å². The summed E-state index contributed by atoms with van der Waals surface area (Å²) >= 11 is 0. The highest BCUT2D eigenvalue weighted by molar-refractivity contribution is 5.93. The zero-order valence-electron chi connectivity index (χ0n) is 7.62. The van der Waals surface area contributed by atoms with E-state index >= 15 is 0 Å². The maximum Gasteiger partial charge on any atom is 0.159 e. The van der Waals surface area contributed by atoms with E-state index in [4.69, 9.17) is 0 Å². The van der Waals surface area contributed by atoms with Crippen LogP contribution in [0.4, 0.5) is 0 Å². The number of Topliss-reactive ketones (excluding diaryl/α,β-unsaturated/α-hetero) is 1. The molecule has 0 atom stereocenters. The topological polar surface area (TPSA) is 34.1 Å². The van der Waals surface area contributed by atoms with Crippen molar-refractivity contribution in [2.75, 3.05) is 0 Å². The van der Waals surface area contributed by atoms with Gasteiger partial charge in [-0.25, -0.2) is 0 Å². The Kier molecular flexibility index (Phi) is 3.38. The number of hydrogen-bond donors (Lipinski definition) is 0. The number of aryl methyl sites for hydroxylation is 1. The van der Waals surface area contributed by atoms with Gasteiger partial charge in [-0.1, -0.05) is 24.3 Å². The summed E-state index contributed by atoms with van der Waals surface area (Å²) in [6.45, 7) is 1.54. The third-order valence-corrected chi connectivity index (χ3v) is 1.91. The molecule has 0 unspecified atom stereocenters. The Labute approximate surface area is 77.6 Å². The van der Waals surface area contributed by atoms with Crippen molar-refractivity contribution in [2.45, 2.75) is 19.8 Å². The molecule has 0 aliphatic carbocycles. The number of benzene rings is 1. The summed E-state index contributed by atoms with van der Waals surface area (Å²) in [5.74, 6) is 0.0712. The molecule has 0 saturated heterocycles. The van der Waals surface area contributed by atoms with Crippen molar-refractivity contribution in [3.05, 3.63) is 35.4 Å². The Hall–Kier alpha value is -1.44. The lowest BCUT2D eigenvalue weighted by atomic mass is 10.1. The van der Waals surface area contributed by atoms with Crippen molar-refractivity contribution >= 4 is 12.1 Å². The summed E-state index contributed by atoms with van der Waals surface area (Å²) in [5, 5.41) is 0. The molecule has 1 aromatic rings. The third-order valence-electron chi connectivity index (χ3n) is 1.91. The van der Waals surface area contributed by atoms with Gasteiger partial charge in [0.05, 0.1) is 0 Å². The first-order valence-electron chi connectivity index (χ1n) is 4.27. The molecule has 1 rings (SSSR count). The van der Waals surface area contributed by atoms with Gasteiger partial charge in [0.25, 0.3) is 0 Å². The van der Waals surface area contributed by atoms with E-state index in [1.54, 1.807) is 19.1 Å². The standard InChI is InChI=1S/C11H12O2/c1-9(13)11-6-4-10(5-7-11)3-2-8-12/h4-8H,2-3H2,1H3. The van der Waals surface area contributed by atoms with Crippen LogP contribution in [-0.4, -0.2) is 12.1 Å². The van der Waals surface area contributed by atoms with Crippen LogP contribution in [0.5, 0.6) is 0 Å². The van der Waals surface area contributed by atoms with E-state index in [0.717, 1.165) is 23.8 Å². The van der Waals surface area contributed by atoms with E-state index in [2.05, 4.69) is 0 Å². The van der Waals surface area contributed by atoms with Crippen LogP contribution in [0.15, 0.2) is 24.3 Å². The third kappa shape index (κ3) is 2.82. The summed E-state index contributed by atoms with van der Waals surface area (Å²) < 4.78 is 0. The zero-order chi connectivity index (χ0) is 9.68. The van der Waals surface area contributed by atoms with Gasteiger partial charge in [0.1, 0.15) is 6.29 Å². The summed E-state index contributed by atoms with van der Waals surface area (Å²) in [6, 6.07) is 7.37. The lowest BCUT2D eigenvalue weighted by molar-refractivity contribution is -0.107. The van der Waals surface area contributed by atoms with Gasteiger partial charge in [0.2, 0.25) is 0 Å². The Bertz CT molecular complexity index is 298. The SMILES string of the molecule is CC(=O)c1ccc(CCC=O)cc1. The largest absolute Gasteiger partial charge is 0.303 e. The zero-order valence-corrected chi connectivity index (χ0v) is 7.62. The fourth-order valence-corrected chi connectivity index (χ4v) is 1.13. The lowest BCUT2D eigenvalue weighted by Gasteiger charge is -1.98. The summed E-state index contributed by atoms with van der Waals surface area (Å²) in [4.78, 5) is 21.0. The highest BCUT2D eigenvalue weighted by atomic mass is 16.1. The molecule has 0 aromatic heterocycles. The van der Waals surface area contributed by atoms with Gasteiger partial charge in [-0.05, 0) is 18.9 Å². The molecule has 0 aliphatic heterocycles. The van der Waals surface area contributed by atoms with Crippen molar-refractivity contribution in [1.29, 1.82) is 0 Å². The highest BCUT2D eigenvalue weighted by Crippen LogP contribution is 2.06. The molecule has 0 N–H and O–H groups in total. The molecule has 0 fully saturated rings. The molecule has 2 nitrogen and oxygen atoms in total. The monoisotopic (exact) mass is 176 g/mol. The minimum Gasteiger partial charge on any atom is -0.303 e. The first-order valence-corrected chi connectivity index (χ1v) is 4.27. The fourth-order valence-electron chi connectivity index (χ4n) is 1.13. The molecule has 0 heterocycles. The Morgan fingerprint density at radius 3 is 2.38 bits per heavy atom. The van der Waals surface area contributed by atoms with Crippen molar-refractivity contribution in [1.82, 2.24) is 0 Å². The Morgan fingerprint density at radius 1 is 1.31 bits per heavy atom. The molecule has 0 spiro atoms. The van der Waals surface area contributed by atoms with Crippen LogP contribution in [0, 0.1) is 0 Å². The van der Waals surface area contributed by atoms with Crippen LogP contribution in [0.25, 0.3) is 0 Å². The molecule has 68 valence electrons. The Balaban J connectivity index is 2.69. The van der Waals surface area contributed by atoms with Crippen LogP contribution in [-0.2, 0) is 11.2 Å². The minimum absolute atomic E-state index is 0.0712. The highest BCUT2D eigenvalue weighted by Gasteiger charge is 1.98. The van der Waals surface area contributed by atoms with E-state index in [-0.39, 0.29) is 5.78 Å². The van der Waals surface area contributed by atoms with Gasteiger partial charge < -0.3 is 4.79 Å². The predicted octanol–water partition coefficient (Wildman–Crippen LogP) is 2.02. The molecule has 0 bridgehead atoms.